The lowest BCUT2D eigenvalue weighted by Crippen LogP contribution is -2.44. The predicted molar refractivity (Wildman–Crippen MR) is 146 cm³/mol. The highest BCUT2D eigenvalue weighted by atomic mass is 35.5. The SMILES string of the molecule is COc1cc(N2CCN(C)CC2)ccc1Nc1ncc(-c2ccc(Cl)c(OC(C)Cn3cnnn3)c2)cn1. The number of methoxy groups -OCH3 is 1. The van der Waals surface area contributed by atoms with E-state index >= 15 is 0 Å². The van der Waals surface area contributed by atoms with Crippen LogP contribution in [0.3, 0.4) is 0 Å². The van der Waals surface area contributed by atoms with Gasteiger partial charge in [0.15, 0.2) is 0 Å². The van der Waals surface area contributed by atoms with Gasteiger partial charge in [0.2, 0.25) is 5.95 Å². The van der Waals surface area contributed by atoms with Gasteiger partial charge in [-0.1, -0.05) is 17.7 Å². The number of aromatic nitrogens is 6. The summed E-state index contributed by atoms with van der Waals surface area (Å²) in [6, 6.07) is 11.7. The molecule has 1 unspecified atom stereocenters. The second kappa shape index (κ2) is 11.6. The summed E-state index contributed by atoms with van der Waals surface area (Å²) in [4.78, 5) is 13.7. The number of nitrogens with one attached hydrogen (secondary N) is 1. The monoisotopic (exact) mass is 535 g/mol. The van der Waals surface area contributed by atoms with E-state index in [0.29, 0.717) is 23.3 Å². The molecular weight excluding hydrogens is 506 g/mol. The maximum atomic E-state index is 6.39. The molecule has 0 amide bonds. The quantitative estimate of drug-likeness (QED) is 0.340. The first kappa shape index (κ1) is 25.7. The Morgan fingerprint density at radius 3 is 2.50 bits per heavy atom. The Bertz CT molecular complexity index is 1340. The van der Waals surface area contributed by atoms with Gasteiger partial charge in [-0.15, -0.1) is 5.10 Å². The summed E-state index contributed by atoms with van der Waals surface area (Å²) in [6.07, 6.45) is 4.88. The Labute approximate surface area is 226 Å². The van der Waals surface area contributed by atoms with Gasteiger partial charge in [0, 0.05) is 55.9 Å². The van der Waals surface area contributed by atoms with Gasteiger partial charge >= 0.3 is 0 Å². The van der Waals surface area contributed by atoms with Crippen molar-refractivity contribution >= 4 is 28.9 Å². The number of likely N-dealkylation sites (N-methyl/N-ethyl adjacent to an activating group) is 1. The van der Waals surface area contributed by atoms with Crippen LogP contribution in [-0.4, -0.2) is 81.5 Å². The highest BCUT2D eigenvalue weighted by molar-refractivity contribution is 6.32. The molecule has 0 spiro atoms. The molecule has 0 bridgehead atoms. The number of ether oxygens (including phenoxy) is 2. The number of piperazine rings is 1. The fourth-order valence-corrected chi connectivity index (χ4v) is 4.42. The molecule has 38 heavy (non-hydrogen) atoms. The number of anilines is 3. The summed E-state index contributed by atoms with van der Waals surface area (Å²) >= 11 is 6.39. The Morgan fingerprint density at radius 2 is 1.79 bits per heavy atom. The largest absolute Gasteiger partial charge is 0.494 e. The van der Waals surface area contributed by atoms with Crippen LogP contribution in [0, 0.1) is 0 Å². The molecule has 0 aliphatic carbocycles. The molecule has 1 aliphatic heterocycles. The van der Waals surface area contributed by atoms with Gasteiger partial charge in [0.25, 0.3) is 0 Å². The molecule has 4 aromatic rings. The van der Waals surface area contributed by atoms with Crippen molar-refractivity contribution in [2.45, 2.75) is 19.6 Å². The smallest absolute Gasteiger partial charge is 0.227 e. The Kier molecular flexibility index (Phi) is 7.85. The van der Waals surface area contributed by atoms with Gasteiger partial charge in [-0.2, -0.15) is 0 Å². The molecule has 11 nitrogen and oxygen atoms in total. The second-order valence-electron chi connectivity index (χ2n) is 9.20. The van der Waals surface area contributed by atoms with Crippen LogP contribution in [0.25, 0.3) is 11.1 Å². The number of halogens is 1. The van der Waals surface area contributed by atoms with E-state index in [4.69, 9.17) is 21.1 Å². The zero-order valence-corrected chi connectivity index (χ0v) is 22.3. The van der Waals surface area contributed by atoms with Crippen molar-refractivity contribution in [3.63, 3.8) is 0 Å². The Hall–Kier alpha value is -3.96. The molecule has 0 saturated carbocycles. The Balaban J connectivity index is 1.26. The summed E-state index contributed by atoms with van der Waals surface area (Å²) in [5, 5.41) is 14.9. The van der Waals surface area contributed by atoms with E-state index in [9.17, 15) is 0 Å². The third-order valence-corrected chi connectivity index (χ3v) is 6.69. The maximum absolute atomic E-state index is 6.39. The summed E-state index contributed by atoms with van der Waals surface area (Å²) in [7, 11) is 3.82. The first-order valence-corrected chi connectivity index (χ1v) is 12.7. The van der Waals surface area contributed by atoms with Gasteiger partial charge in [0.1, 0.15) is 23.9 Å². The minimum atomic E-state index is -0.188. The van der Waals surface area contributed by atoms with Crippen LogP contribution >= 0.6 is 11.6 Å². The third kappa shape index (κ3) is 6.12. The van der Waals surface area contributed by atoms with E-state index in [1.165, 1.54) is 0 Å². The molecule has 1 N–H and O–H groups in total. The predicted octanol–water partition coefficient (Wildman–Crippen LogP) is 3.76. The average Bonchev–Trinajstić information content (AvgIpc) is 3.44. The van der Waals surface area contributed by atoms with Gasteiger partial charge in [-0.3, -0.25) is 0 Å². The van der Waals surface area contributed by atoms with Crippen LogP contribution in [0.2, 0.25) is 5.02 Å². The van der Waals surface area contributed by atoms with Crippen LogP contribution in [0.15, 0.2) is 55.1 Å². The summed E-state index contributed by atoms with van der Waals surface area (Å²) < 4.78 is 13.3. The molecule has 1 saturated heterocycles. The molecule has 3 heterocycles. The molecule has 5 rings (SSSR count). The number of rotatable bonds is 9. The van der Waals surface area contributed by atoms with E-state index < -0.39 is 0 Å². The summed E-state index contributed by atoms with van der Waals surface area (Å²) in [5.74, 6) is 1.78. The number of hydrogen-bond acceptors (Lipinski definition) is 10. The molecule has 2 aromatic heterocycles. The van der Waals surface area contributed by atoms with Crippen LogP contribution in [0.4, 0.5) is 17.3 Å². The number of hydrogen-bond donors (Lipinski definition) is 1. The molecule has 2 aromatic carbocycles. The maximum Gasteiger partial charge on any atom is 0.227 e. The highest BCUT2D eigenvalue weighted by Gasteiger charge is 2.16. The van der Waals surface area contributed by atoms with Gasteiger partial charge in [-0.05, 0) is 54.2 Å². The first-order valence-electron chi connectivity index (χ1n) is 12.4. The van der Waals surface area contributed by atoms with Crippen LogP contribution in [0.1, 0.15) is 6.92 Å². The van der Waals surface area contributed by atoms with Gasteiger partial charge in [0.05, 0.1) is 24.4 Å². The highest BCUT2D eigenvalue weighted by Crippen LogP contribution is 2.33. The normalized spacial score (nSPS) is 14.8. The van der Waals surface area contributed by atoms with Crippen molar-refractivity contribution in [3.8, 4) is 22.6 Å². The zero-order chi connectivity index (χ0) is 26.5. The standard InChI is InChI=1S/C26H30ClN9O2/c1-18(16-36-17-30-32-33-36)38-24-12-19(4-6-22(24)27)20-14-28-26(29-15-20)31-23-7-5-21(13-25(23)37-3)35-10-8-34(2)9-11-35/h4-7,12-15,17-18H,8-11,16H2,1-3H3,(H,28,29,31). The van der Waals surface area contributed by atoms with Crippen molar-refractivity contribution in [2.75, 3.05) is 50.6 Å². The average molecular weight is 536 g/mol. The molecule has 1 atom stereocenters. The lowest BCUT2D eigenvalue weighted by molar-refractivity contribution is 0.193. The molecule has 0 radical (unpaired) electrons. The minimum Gasteiger partial charge on any atom is -0.494 e. The fourth-order valence-electron chi connectivity index (χ4n) is 4.26. The zero-order valence-electron chi connectivity index (χ0n) is 21.6. The number of nitrogens with zero attached hydrogens (tertiary/aromatic N) is 8. The van der Waals surface area contributed by atoms with E-state index in [1.807, 2.05) is 25.1 Å². The van der Waals surface area contributed by atoms with E-state index in [2.05, 4.69) is 59.8 Å². The Morgan fingerprint density at radius 1 is 1.00 bits per heavy atom. The molecule has 12 heteroatoms. The lowest BCUT2D eigenvalue weighted by atomic mass is 10.1. The van der Waals surface area contributed by atoms with E-state index in [0.717, 1.165) is 54.4 Å². The topological polar surface area (TPSA) is 106 Å². The van der Waals surface area contributed by atoms with Crippen molar-refractivity contribution in [1.29, 1.82) is 0 Å². The van der Waals surface area contributed by atoms with Crippen LogP contribution < -0.4 is 19.7 Å². The van der Waals surface area contributed by atoms with Crippen LogP contribution in [-0.2, 0) is 6.54 Å². The fraction of sp³-hybridized carbons (Fsp3) is 0.346. The van der Waals surface area contributed by atoms with Crippen molar-refractivity contribution in [3.05, 3.63) is 60.1 Å². The second-order valence-corrected chi connectivity index (χ2v) is 9.61. The summed E-state index contributed by atoms with van der Waals surface area (Å²) in [5.41, 5.74) is 3.67. The van der Waals surface area contributed by atoms with Crippen LogP contribution in [0.5, 0.6) is 11.5 Å². The van der Waals surface area contributed by atoms with E-state index in [1.54, 1.807) is 36.6 Å². The van der Waals surface area contributed by atoms with Gasteiger partial charge in [-0.25, -0.2) is 14.6 Å². The molecule has 198 valence electrons. The van der Waals surface area contributed by atoms with Gasteiger partial charge < -0.3 is 24.6 Å². The first-order chi connectivity index (χ1) is 18.5. The van der Waals surface area contributed by atoms with Crippen molar-refractivity contribution in [1.82, 2.24) is 35.1 Å². The number of tetrazole rings is 1. The summed E-state index contributed by atoms with van der Waals surface area (Å²) in [6.45, 7) is 6.50. The molecule has 1 aliphatic rings. The molecule has 1 fully saturated rings. The van der Waals surface area contributed by atoms with E-state index in [-0.39, 0.29) is 6.10 Å². The van der Waals surface area contributed by atoms with Crippen molar-refractivity contribution in [2.24, 2.45) is 0 Å². The van der Waals surface area contributed by atoms with Crippen molar-refractivity contribution < 1.29 is 9.47 Å². The lowest BCUT2D eigenvalue weighted by Gasteiger charge is -2.34. The molecular formula is C26H30ClN9O2. The minimum absolute atomic E-state index is 0.188. The third-order valence-electron chi connectivity index (χ3n) is 6.38. The number of benzene rings is 2.